The SMILES string of the molecule is CCC(=O)CCN1C(=O)C=C(C)C1=O. The van der Waals surface area contributed by atoms with Crippen LogP contribution in [0.5, 0.6) is 0 Å². The number of rotatable bonds is 4. The van der Waals surface area contributed by atoms with Gasteiger partial charge in [0.1, 0.15) is 5.78 Å². The summed E-state index contributed by atoms with van der Waals surface area (Å²) < 4.78 is 0. The van der Waals surface area contributed by atoms with Gasteiger partial charge in [-0.1, -0.05) is 6.92 Å². The molecular formula is C10H13NO3. The van der Waals surface area contributed by atoms with Crippen molar-refractivity contribution in [3.05, 3.63) is 11.6 Å². The summed E-state index contributed by atoms with van der Waals surface area (Å²) in [5.41, 5.74) is 0.443. The molecule has 0 aliphatic carbocycles. The summed E-state index contributed by atoms with van der Waals surface area (Å²) >= 11 is 0. The third-order valence-corrected chi connectivity index (χ3v) is 2.20. The molecule has 0 radical (unpaired) electrons. The molecule has 0 fully saturated rings. The van der Waals surface area contributed by atoms with E-state index < -0.39 is 0 Å². The van der Waals surface area contributed by atoms with Crippen LogP contribution in [0.4, 0.5) is 0 Å². The topological polar surface area (TPSA) is 54.5 Å². The van der Waals surface area contributed by atoms with Gasteiger partial charge in [0.05, 0.1) is 0 Å². The van der Waals surface area contributed by atoms with Crippen molar-refractivity contribution in [2.45, 2.75) is 26.7 Å². The minimum atomic E-state index is -0.309. The van der Waals surface area contributed by atoms with Gasteiger partial charge in [0, 0.05) is 31.0 Å². The summed E-state index contributed by atoms with van der Waals surface area (Å²) in [4.78, 5) is 34.7. The van der Waals surface area contributed by atoms with Gasteiger partial charge in [0.15, 0.2) is 0 Å². The van der Waals surface area contributed by atoms with E-state index in [2.05, 4.69) is 0 Å². The van der Waals surface area contributed by atoms with Crippen LogP contribution in [0, 0.1) is 0 Å². The van der Waals surface area contributed by atoms with Crippen molar-refractivity contribution < 1.29 is 14.4 Å². The van der Waals surface area contributed by atoms with Gasteiger partial charge >= 0.3 is 0 Å². The maximum absolute atomic E-state index is 11.3. The molecule has 0 unspecified atom stereocenters. The van der Waals surface area contributed by atoms with Crippen molar-refractivity contribution in [1.29, 1.82) is 0 Å². The van der Waals surface area contributed by atoms with Crippen LogP contribution in [0.2, 0.25) is 0 Å². The van der Waals surface area contributed by atoms with Crippen LogP contribution < -0.4 is 0 Å². The summed E-state index contributed by atoms with van der Waals surface area (Å²) in [7, 11) is 0. The zero-order valence-electron chi connectivity index (χ0n) is 8.37. The first-order chi connectivity index (χ1) is 6.56. The monoisotopic (exact) mass is 195 g/mol. The van der Waals surface area contributed by atoms with E-state index in [4.69, 9.17) is 0 Å². The molecule has 1 aliphatic heterocycles. The van der Waals surface area contributed by atoms with Gasteiger partial charge in [-0.25, -0.2) is 0 Å². The molecule has 1 rings (SSSR count). The molecule has 0 spiro atoms. The molecule has 0 bridgehead atoms. The van der Waals surface area contributed by atoms with Crippen LogP contribution in [0.25, 0.3) is 0 Å². The van der Waals surface area contributed by atoms with Crippen molar-refractivity contribution in [2.24, 2.45) is 0 Å². The first-order valence-electron chi connectivity index (χ1n) is 4.62. The molecular weight excluding hydrogens is 182 g/mol. The molecule has 0 aromatic rings. The first kappa shape index (κ1) is 10.6. The molecule has 14 heavy (non-hydrogen) atoms. The highest BCUT2D eigenvalue weighted by atomic mass is 16.2. The van der Waals surface area contributed by atoms with E-state index in [0.717, 1.165) is 4.90 Å². The Morgan fingerprint density at radius 2 is 2.07 bits per heavy atom. The number of hydrogen-bond acceptors (Lipinski definition) is 3. The summed E-state index contributed by atoms with van der Waals surface area (Å²) in [6.45, 7) is 3.57. The molecule has 4 nitrogen and oxygen atoms in total. The van der Waals surface area contributed by atoms with Crippen LogP contribution in [-0.4, -0.2) is 29.0 Å². The summed E-state index contributed by atoms with van der Waals surface area (Å²) in [5.74, 6) is -0.523. The van der Waals surface area contributed by atoms with Gasteiger partial charge in [-0.2, -0.15) is 0 Å². The van der Waals surface area contributed by atoms with Gasteiger partial charge in [0.25, 0.3) is 11.8 Å². The second-order valence-corrected chi connectivity index (χ2v) is 3.26. The molecule has 4 heteroatoms. The maximum Gasteiger partial charge on any atom is 0.256 e. The zero-order chi connectivity index (χ0) is 10.7. The van der Waals surface area contributed by atoms with Gasteiger partial charge in [0.2, 0.25) is 0 Å². The largest absolute Gasteiger partial charge is 0.300 e. The molecule has 0 saturated carbocycles. The second kappa shape index (κ2) is 4.17. The highest BCUT2D eigenvalue weighted by Crippen LogP contribution is 2.12. The lowest BCUT2D eigenvalue weighted by Crippen LogP contribution is -2.32. The summed E-state index contributed by atoms with van der Waals surface area (Å²) in [6.07, 6.45) is 2.01. The van der Waals surface area contributed by atoms with Crippen LogP contribution >= 0.6 is 0 Å². The fourth-order valence-electron chi connectivity index (χ4n) is 1.26. The molecule has 2 amide bonds. The van der Waals surface area contributed by atoms with Gasteiger partial charge in [-0.3, -0.25) is 19.3 Å². The third kappa shape index (κ3) is 2.07. The summed E-state index contributed by atoms with van der Waals surface area (Å²) in [6, 6.07) is 0. The van der Waals surface area contributed by atoms with Crippen molar-refractivity contribution >= 4 is 17.6 Å². The summed E-state index contributed by atoms with van der Waals surface area (Å²) in [5, 5.41) is 0. The van der Waals surface area contributed by atoms with E-state index in [1.165, 1.54) is 6.08 Å². The average molecular weight is 195 g/mol. The van der Waals surface area contributed by atoms with E-state index in [0.29, 0.717) is 12.0 Å². The average Bonchev–Trinajstić information content (AvgIpc) is 2.39. The molecule has 76 valence electrons. The smallest absolute Gasteiger partial charge is 0.256 e. The van der Waals surface area contributed by atoms with Gasteiger partial charge < -0.3 is 0 Å². The highest BCUT2D eigenvalue weighted by molar-refractivity contribution is 6.15. The van der Waals surface area contributed by atoms with Crippen LogP contribution in [-0.2, 0) is 14.4 Å². The number of hydrogen-bond donors (Lipinski definition) is 0. The Labute approximate surface area is 82.6 Å². The Morgan fingerprint density at radius 1 is 1.43 bits per heavy atom. The lowest BCUT2D eigenvalue weighted by atomic mass is 10.2. The minimum Gasteiger partial charge on any atom is -0.300 e. The van der Waals surface area contributed by atoms with Crippen molar-refractivity contribution in [1.82, 2.24) is 4.90 Å². The van der Waals surface area contributed by atoms with E-state index >= 15 is 0 Å². The number of amides is 2. The van der Waals surface area contributed by atoms with Crippen molar-refractivity contribution in [2.75, 3.05) is 6.54 Å². The van der Waals surface area contributed by atoms with E-state index in [9.17, 15) is 14.4 Å². The van der Waals surface area contributed by atoms with Crippen LogP contribution in [0.15, 0.2) is 11.6 Å². The van der Waals surface area contributed by atoms with Gasteiger partial charge in [-0.05, 0) is 6.92 Å². The quantitative estimate of drug-likeness (QED) is 0.619. The molecule has 1 heterocycles. The second-order valence-electron chi connectivity index (χ2n) is 3.26. The third-order valence-electron chi connectivity index (χ3n) is 2.20. The number of carbonyl (C=O) groups excluding carboxylic acids is 3. The Kier molecular flexibility index (Phi) is 3.17. The Bertz CT molecular complexity index is 317. The number of nitrogens with zero attached hydrogens (tertiary/aromatic N) is 1. The zero-order valence-corrected chi connectivity index (χ0v) is 8.37. The molecule has 0 atom stereocenters. The molecule has 0 saturated heterocycles. The molecule has 0 aromatic heterocycles. The Hall–Kier alpha value is -1.45. The number of Topliss-reactive ketones (excluding diaryl/α,β-unsaturated/α-hetero) is 1. The lowest BCUT2D eigenvalue weighted by Gasteiger charge is -2.12. The van der Waals surface area contributed by atoms with Gasteiger partial charge in [-0.15, -0.1) is 0 Å². The van der Waals surface area contributed by atoms with E-state index in [-0.39, 0.29) is 30.6 Å². The highest BCUT2D eigenvalue weighted by Gasteiger charge is 2.27. The Balaban J connectivity index is 2.52. The van der Waals surface area contributed by atoms with Crippen LogP contribution in [0.3, 0.4) is 0 Å². The maximum atomic E-state index is 11.3. The lowest BCUT2D eigenvalue weighted by molar-refractivity contribution is -0.137. The fourth-order valence-corrected chi connectivity index (χ4v) is 1.26. The van der Waals surface area contributed by atoms with Crippen molar-refractivity contribution in [3.63, 3.8) is 0 Å². The predicted octanol–water partition coefficient (Wildman–Crippen LogP) is 0.671. The predicted molar refractivity (Wildman–Crippen MR) is 50.4 cm³/mol. The first-order valence-corrected chi connectivity index (χ1v) is 4.62. The number of ketones is 1. The molecule has 0 N–H and O–H groups in total. The number of imide groups is 1. The van der Waals surface area contributed by atoms with E-state index in [1.54, 1.807) is 13.8 Å². The molecule has 1 aliphatic rings. The van der Waals surface area contributed by atoms with E-state index in [1.807, 2.05) is 0 Å². The molecule has 0 aromatic carbocycles. The fraction of sp³-hybridized carbons (Fsp3) is 0.500. The Morgan fingerprint density at radius 3 is 2.50 bits per heavy atom. The number of carbonyl (C=O) groups is 3. The van der Waals surface area contributed by atoms with Crippen molar-refractivity contribution in [3.8, 4) is 0 Å². The van der Waals surface area contributed by atoms with Crippen LogP contribution in [0.1, 0.15) is 26.7 Å². The standard InChI is InChI=1S/C10H13NO3/c1-3-8(12)4-5-11-9(13)6-7(2)10(11)14/h6H,3-5H2,1-2H3. The minimum absolute atomic E-state index is 0.0650. The normalized spacial score (nSPS) is 16.1.